The van der Waals surface area contributed by atoms with Crippen molar-refractivity contribution in [3.63, 3.8) is 0 Å². The number of rotatable bonds is 3. The second kappa shape index (κ2) is 6.94. The zero-order chi connectivity index (χ0) is 17.3. The highest BCUT2D eigenvalue weighted by Crippen LogP contribution is 2.44. The number of hydrogen-bond donors (Lipinski definition) is 0. The third-order valence-corrected chi connectivity index (χ3v) is 4.89. The third-order valence-electron chi connectivity index (χ3n) is 3.87. The molecule has 1 aliphatic heterocycles. The van der Waals surface area contributed by atoms with Gasteiger partial charge >= 0.3 is 0 Å². The van der Waals surface area contributed by atoms with E-state index >= 15 is 0 Å². The predicted octanol–water partition coefficient (Wildman–Crippen LogP) is 4.86. The number of likely N-dealkylation sites (N-methyl/N-ethyl adjacent to an activating group) is 1. The zero-order valence-corrected chi connectivity index (χ0v) is 14.1. The molecular weight excluding hydrogens is 337 g/mol. The summed E-state index contributed by atoms with van der Waals surface area (Å²) >= 11 is 1.48. The Morgan fingerprint density at radius 1 is 1.12 bits per heavy atom. The van der Waals surface area contributed by atoms with E-state index in [-0.39, 0.29) is 17.1 Å². The van der Waals surface area contributed by atoms with Crippen LogP contribution in [0.5, 0.6) is 5.75 Å². The minimum Gasteiger partial charge on any atom is -0.496 e. The highest BCUT2D eigenvalue weighted by molar-refractivity contribution is 7.97. The van der Waals surface area contributed by atoms with Gasteiger partial charge in [0.2, 0.25) is 0 Å². The summed E-state index contributed by atoms with van der Waals surface area (Å²) in [6.45, 7) is 1.33. The molecule has 3 rings (SSSR count). The molecule has 0 saturated heterocycles. The number of fused-ring (bicyclic) bond motifs is 1. The fraction of sp³-hybridized carbons (Fsp3) is 0.294. The average molecular weight is 354 g/mol. The van der Waals surface area contributed by atoms with Crippen molar-refractivity contribution >= 4 is 23.3 Å². The van der Waals surface area contributed by atoms with E-state index in [1.807, 2.05) is 16.3 Å². The van der Waals surface area contributed by atoms with Gasteiger partial charge < -0.3 is 9.64 Å². The molecule has 24 heavy (non-hydrogen) atoms. The molecule has 128 valence electrons. The van der Waals surface area contributed by atoms with Gasteiger partial charge in [-0.3, -0.25) is 0 Å². The van der Waals surface area contributed by atoms with Crippen molar-refractivity contribution in [1.82, 2.24) is 4.31 Å². The van der Waals surface area contributed by atoms with Crippen LogP contribution in [-0.4, -0.2) is 31.6 Å². The molecule has 2 aromatic carbocycles. The lowest BCUT2D eigenvalue weighted by Crippen LogP contribution is -2.24. The molecule has 0 aliphatic carbocycles. The van der Waals surface area contributed by atoms with Gasteiger partial charge in [0.1, 0.15) is 11.6 Å². The predicted molar refractivity (Wildman–Crippen MR) is 89.8 cm³/mol. The zero-order valence-electron chi connectivity index (χ0n) is 13.3. The Hall–Kier alpha value is -1.86. The molecule has 0 atom stereocenters. The molecule has 0 amide bonds. The summed E-state index contributed by atoms with van der Waals surface area (Å²) in [5, 5.41) is 0. The van der Waals surface area contributed by atoms with Crippen LogP contribution in [0.25, 0.3) is 0 Å². The minimum atomic E-state index is -2.63. The van der Waals surface area contributed by atoms with Crippen LogP contribution < -0.4 is 9.64 Å². The van der Waals surface area contributed by atoms with Crippen LogP contribution in [0.4, 0.5) is 24.5 Å². The van der Waals surface area contributed by atoms with Gasteiger partial charge in [-0.2, -0.15) is 0 Å². The Kier molecular flexibility index (Phi) is 4.91. The summed E-state index contributed by atoms with van der Waals surface area (Å²) in [5.74, 6) is -0.158. The lowest BCUT2D eigenvalue weighted by Gasteiger charge is -2.25. The molecule has 0 radical (unpaired) electrons. The van der Waals surface area contributed by atoms with E-state index in [9.17, 15) is 13.2 Å². The number of methoxy groups -OCH3 is 1. The Morgan fingerprint density at radius 2 is 1.83 bits per heavy atom. The van der Waals surface area contributed by atoms with Gasteiger partial charge in [-0.05, 0) is 55.4 Å². The lowest BCUT2D eigenvalue weighted by molar-refractivity contribution is 0.147. The van der Waals surface area contributed by atoms with Crippen molar-refractivity contribution in [2.24, 2.45) is 0 Å². The van der Waals surface area contributed by atoms with Gasteiger partial charge in [0, 0.05) is 18.8 Å². The molecule has 1 heterocycles. The molecule has 0 bridgehead atoms. The second-order valence-corrected chi connectivity index (χ2v) is 6.68. The number of anilines is 2. The Labute approximate surface area is 143 Å². The van der Waals surface area contributed by atoms with Crippen LogP contribution in [0.15, 0.2) is 41.3 Å². The molecule has 2 aromatic rings. The highest BCUT2D eigenvalue weighted by atomic mass is 32.2. The molecular formula is C17H17F3N2OS. The molecule has 0 aromatic heterocycles. The van der Waals surface area contributed by atoms with Gasteiger partial charge in [0.05, 0.1) is 23.3 Å². The standard InChI is InChI=1S/C17H17F3N2OS/c1-21-7-8-22(12-5-3-11(18)4-6-12)14-9-13(17(19)20)15(23-2)10-16(14)24-21/h3-6,9-10,17H,7-8H2,1-2H3. The Balaban J connectivity index is 2.13. The molecule has 7 heteroatoms. The van der Waals surface area contributed by atoms with Crippen molar-refractivity contribution in [3.8, 4) is 5.75 Å². The van der Waals surface area contributed by atoms with Crippen LogP contribution in [0.2, 0.25) is 0 Å². The third kappa shape index (κ3) is 3.32. The maximum atomic E-state index is 13.4. The van der Waals surface area contributed by atoms with E-state index in [2.05, 4.69) is 0 Å². The van der Waals surface area contributed by atoms with E-state index in [0.717, 1.165) is 17.1 Å². The summed E-state index contributed by atoms with van der Waals surface area (Å²) in [5.41, 5.74) is 1.29. The summed E-state index contributed by atoms with van der Waals surface area (Å²) in [6, 6.07) is 9.15. The fourth-order valence-electron chi connectivity index (χ4n) is 2.66. The lowest BCUT2D eigenvalue weighted by atomic mass is 10.1. The summed E-state index contributed by atoms with van der Waals surface area (Å²) in [6.07, 6.45) is -2.63. The maximum absolute atomic E-state index is 13.4. The highest BCUT2D eigenvalue weighted by Gasteiger charge is 2.25. The molecule has 0 saturated carbocycles. The van der Waals surface area contributed by atoms with E-state index in [0.29, 0.717) is 12.2 Å². The van der Waals surface area contributed by atoms with Gasteiger partial charge in [-0.25, -0.2) is 17.5 Å². The van der Waals surface area contributed by atoms with Crippen LogP contribution in [0.3, 0.4) is 0 Å². The smallest absolute Gasteiger partial charge is 0.267 e. The van der Waals surface area contributed by atoms with Gasteiger partial charge in [0.15, 0.2) is 0 Å². The van der Waals surface area contributed by atoms with Crippen LogP contribution >= 0.6 is 11.9 Å². The summed E-state index contributed by atoms with van der Waals surface area (Å²) < 4.78 is 47.1. The van der Waals surface area contributed by atoms with E-state index in [4.69, 9.17) is 4.74 Å². The Morgan fingerprint density at radius 3 is 2.46 bits per heavy atom. The van der Waals surface area contributed by atoms with Crippen molar-refractivity contribution < 1.29 is 17.9 Å². The Bertz CT molecular complexity index is 725. The van der Waals surface area contributed by atoms with E-state index < -0.39 is 6.43 Å². The quantitative estimate of drug-likeness (QED) is 0.731. The first-order valence-corrected chi connectivity index (χ1v) is 8.19. The normalized spacial score (nSPS) is 15.3. The molecule has 0 spiro atoms. The molecule has 1 aliphatic rings. The first-order chi connectivity index (χ1) is 11.5. The van der Waals surface area contributed by atoms with Crippen LogP contribution in [0, 0.1) is 5.82 Å². The molecule has 0 fully saturated rings. The van der Waals surface area contributed by atoms with Crippen LogP contribution in [0.1, 0.15) is 12.0 Å². The molecule has 0 unspecified atom stereocenters. The molecule has 0 N–H and O–H groups in total. The number of alkyl halides is 2. The number of halogens is 3. The maximum Gasteiger partial charge on any atom is 0.267 e. The largest absolute Gasteiger partial charge is 0.496 e. The number of nitrogens with zero attached hydrogens (tertiary/aromatic N) is 2. The summed E-state index contributed by atoms with van der Waals surface area (Å²) in [4.78, 5) is 2.75. The molecule has 3 nitrogen and oxygen atoms in total. The first-order valence-electron chi connectivity index (χ1n) is 7.42. The van der Waals surface area contributed by atoms with Crippen molar-refractivity contribution in [1.29, 1.82) is 0 Å². The first kappa shape index (κ1) is 17.0. The van der Waals surface area contributed by atoms with E-state index in [1.54, 1.807) is 18.2 Å². The van der Waals surface area contributed by atoms with Crippen LogP contribution in [-0.2, 0) is 0 Å². The number of hydrogen-bond acceptors (Lipinski definition) is 4. The van der Waals surface area contributed by atoms with Gasteiger partial charge in [-0.15, -0.1) is 0 Å². The van der Waals surface area contributed by atoms with E-state index in [1.165, 1.54) is 37.3 Å². The minimum absolute atomic E-state index is 0.145. The van der Waals surface area contributed by atoms with Gasteiger partial charge in [0.25, 0.3) is 6.43 Å². The number of benzene rings is 2. The van der Waals surface area contributed by atoms with Crippen molar-refractivity contribution in [3.05, 3.63) is 47.8 Å². The SMILES string of the molecule is COc1cc2c(cc1C(F)F)N(c1ccc(F)cc1)CCN(C)S2. The average Bonchev–Trinajstić information content (AvgIpc) is 2.72. The monoisotopic (exact) mass is 354 g/mol. The van der Waals surface area contributed by atoms with Crippen molar-refractivity contribution in [2.45, 2.75) is 11.3 Å². The summed E-state index contributed by atoms with van der Waals surface area (Å²) in [7, 11) is 3.33. The van der Waals surface area contributed by atoms with Crippen molar-refractivity contribution in [2.75, 3.05) is 32.1 Å². The van der Waals surface area contributed by atoms with Gasteiger partial charge in [-0.1, -0.05) is 0 Å². The topological polar surface area (TPSA) is 15.7 Å². The fourth-order valence-corrected chi connectivity index (χ4v) is 3.59. The second-order valence-electron chi connectivity index (χ2n) is 5.43. The number of ether oxygens (including phenoxy) is 1.